The van der Waals surface area contributed by atoms with E-state index in [-0.39, 0.29) is 5.56 Å². The Bertz CT molecular complexity index is 637. The maximum Gasteiger partial charge on any atom is 0.305 e. The largest absolute Gasteiger partial charge is 0.329 e. The molecule has 5 nitrogen and oxygen atoms in total. The number of aromatic amines is 1. The highest BCUT2D eigenvalue weighted by atomic mass is 19.1. The van der Waals surface area contributed by atoms with Gasteiger partial charge in [-0.1, -0.05) is 6.07 Å². The van der Waals surface area contributed by atoms with Crippen LogP contribution in [0.1, 0.15) is 0 Å². The molecule has 0 radical (unpaired) electrons. The van der Waals surface area contributed by atoms with Gasteiger partial charge < -0.3 is 4.98 Å². The molecule has 0 unspecified atom stereocenters. The summed E-state index contributed by atoms with van der Waals surface area (Å²) >= 11 is 0. The second-order valence-corrected chi connectivity index (χ2v) is 3.36. The zero-order chi connectivity index (χ0) is 12.4. The normalized spacial score (nSPS) is 10.2. The third kappa shape index (κ3) is 2.20. The third-order valence-corrected chi connectivity index (χ3v) is 2.25. The van der Waals surface area contributed by atoms with Crippen molar-refractivity contribution in [3.8, 4) is 11.1 Å². The molecule has 1 aromatic heterocycles. The monoisotopic (exact) mass is 234 g/mol. The first-order valence-electron chi connectivity index (χ1n) is 4.71. The number of H-pyrrole nitrogens is 1. The van der Waals surface area contributed by atoms with E-state index in [1.54, 1.807) is 6.07 Å². The van der Waals surface area contributed by atoms with Gasteiger partial charge >= 0.3 is 5.69 Å². The van der Waals surface area contributed by atoms with Crippen LogP contribution in [0.4, 0.5) is 10.1 Å². The smallest absolute Gasteiger partial charge is 0.305 e. The summed E-state index contributed by atoms with van der Waals surface area (Å²) in [7, 11) is 0. The molecule has 0 aliphatic heterocycles. The lowest BCUT2D eigenvalue weighted by Gasteiger charge is -2.01. The van der Waals surface area contributed by atoms with Crippen molar-refractivity contribution in [1.82, 2.24) is 4.98 Å². The standard InChI is InChI=1S/C11H7FN2O3/c12-9-2-1-7(5-10(9)14(16)17)8-3-4-13-11(15)6-8/h1-6H,(H,13,15). The molecule has 0 atom stereocenters. The Labute approximate surface area is 94.7 Å². The molecule has 0 saturated heterocycles. The van der Waals surface area contributed by atoms with Gasteiger partial charge in [-0.25, -0.2) is 0 Å². The molecule has 0 amide bonds. The first-order chi connectivity index (χ1) is 8.08. The molecule has 86 valence electrons. The van der Waals surface area contributed by atoms with Gasteiger partial charge in [-0.3, -0.25) is 14.9 Å². The summed E-state index contributed by atoms with van der Waals surface area (Å²) in [5.41, 5.74) is -0.0155. The van der Waals surface area contributed by atoms with Crippen molar-refractivity contribution < 1.29 is 9.31 Å². The quantitative estimate of drug-likeness (QED) is 0.638. The summed E-state index contributed by atoms with van der Waals surface area (Å²) in [6.45, 7) is 0. The van der Waals surface area contributed by atoms with E-state index in [2.05, 4.69) is 4.98 Å². The summed E-state index contributed by atoms with van der Waals surface area (Å²) in [4.78, 5) is 23.3. The molecule has 2 aromatic rings. The van der Waals surface area contributed by atoms with Gasteiger partial charge in [0.15, 0.2) is 0 Å². The van der Waals surface area contributed by atoms with Crippen LogP contribution in [-0.2, 0) is 0 Å². The van der Waals surface area contributed by atoms with Crippen LogP contribution in [0.2, 0.25) is 0 Å². The number of hydrogen-bond donors (Lipinski definition) is 1. The Morgan fingerprint density at radius 3 is 2.53 bits per heavy atom. The topological polar surface area (TPSA) is 76.0 Å². The second-order valence-electron chi connectivity index (χ2n) is 3.36. The first-order valence-corrected chi connectivity index (χ1v) is 4.71. The fourth-order valence-corrected chi connectivity index (χ4v) is 1.46. The van der Waals surface area contributed by atoms with Gasteiger partial charge in [0.2, 0.25) is 11.4 Å². The van der Waals surface area contributed by atoms with E-state index in [1.165, 1.54) is 18.3 Å². The fourth-order valence-electron chi connectivity index (χ4n) is 1.46. The van der Waals surface area contributed by atoms with Crippen LogP contribution in [0.25, 0.3) is 11.1 Å². The SMILES string of the molecule is O=c1cc(-c2ccc(F)c([N+](=O)[O-])c2)cc[nH]1. The second kappa shape index (κ2) is 4.17. The van der Waals surface area contributed by atoms with Crippen molar-refractivity contribution in [1.29, 1.82) is 0 Å². The van der Waals surface area contributed by atoms with E-state index < -0.39 is 16.4 Å². The highest BCUT2D eigenvalue weighted by Gasteiger charge is 2.14. The van der Waals surface area contributed by atoms with Gasteiger partial charge in [0.25, 0.3) is 0 Å². The van der Waals surface area contributed by atoms with E-state index in [0.29, 0.717) is 11.1 Å². The van der Waals surface area contributed by atoms with Crippen molar-refractivity contribution in [2.75, 3.05) is 0 Å². The van der Waals surface area contributed by atoms with Crippen molar-refractivity contribution in [2.45, 2.75) is 0 Å². The van der Waals surface area contributed by atoms with Crippen molar-refractivity contribution >= 4 is 5.69 Å². The average molecular weight is 234 g/mol. The molecule has 1 N–H and O–H groups in total. The van der Waals surface area contributed by atoms with Crippen LogP contribution in [0.3, 0.4) is 0 Å². The summed E-state index contributed by atoms with van der Waals surface area (Å²) in [5, 5.41) is 10.6. The number of nitrogens with one attached hydrogen (secondary N) is 1. The number of rotatable bonds is 2. The van der Waals surface area contributed by atoms with Gasteiger partial charge in [0, 0.05) is 18.3 Å². The zero-order valence-electron chi connectivity index (χ0n) is 8.51. The number of benzene rings is 1. The highest BCUT2D eigenvalue weighted by Crippen LogP contribution is 2.25. The molecule has 6 heteroatoms. The molecule has 0 spiro atoms. The number of hydrogen-bond acceptors (Lipinski definition) is 3. The number of nitro groups is 1. The third-order valence-electron chi connectivity index (χ3n) is 2.25. The van der Waals surface area contributed by atoms with Gasteiger partial charge in [0.1, 0.15) is 0 Å². The molecular weight excluding hydrogens is 227 g/mol. The number of pyridine rings is 1. The Morgan fingerprint density at radius 2 is 1.88 bits per heavy atom. The minimum atomic E-state index is -0.899. The van der Waals surface area contributed by atoms with Crippen LogP contribution in [0, 0.1) is 15.9 Å². The van der Waals surface area contributed by atoms with Crippen molar-refractivity contribution in [3.63, 3.8) is 0 Å². The maximum atomic E-state index is 13.1. The molecule has 1 heterocycles. The highest BCUT2D eigenvalue weighted by molar-refractivity contribution is 5.65. The summed E-state index contributed by atoms with van der Waals surface area (Å²) < 4.78 is 13.1. The molecule has 17 heavy (non-hydrogen) atoms. The van der Waals surface area contributed by atoms with Crippen molar-refractivity contribution in [2.24, 2.45) is 0 Å². The lowest BCUT2D eigenvalue weighted by Crippen LogP contribution is -2.02. The van der Waals surface area contributed by atoms with Crippen LogP contribution < -0.4 is 5.56 Å². The summed E-state index contributed by atoms with van der Waals surface area (Å²) in [6, 6.07) is 6.37. The molecular formula is C11H7FN2O3. The van der Waals surface area contributed by atoms with Gasteiger partial charge in [-0.05, 0) is 23.3 Å². The maximum absolute atomic E-state index is 13.1. The number of nitro benzene ring substituents is 1. The number of nitrogens with zero attached hydrogens (tertiary/aromatic N) is 1. The molecule has 0 fully saturated rings. The first kappa shape index (κ1) is 11.0. The van der Waals surface area contributed by atoms with Crippen LogP contribution in [0.5, 0.6) is 0 Å². The van der Waals surface area contributed by atoms with E-state index in [4.69, 9.17) is 0 Å². The number of aromatic nitrogens is 1. The summed E-state index contributed by atoms with van der Waals surface area (Å²) in [5.74, 6) is -0.899. The lowest BCUT2D eigenvalue weighted by molar-refractivity contribution is -0.387. The van der Waals surface area contributed by atoms with Crippen LogP contribution >= 0.6 is 0 Å². The van der Waals surface area contributed by atoms with E-state index in [1.807, 2.05) is 0 Å². The minimum Gasteiger partial charge on any atom is -0.329 e. The van der Waals surface area contributed by atoms with E-state index >= 15 is 0 Å². The zero-order valence-corrected chi connectivity index (χ0v) is 8.51. The Kier molecular flexibility index (Phi) is 2.70. The number of halogens is 1. The van der Waals surface area contributed by atoms with Crippen LogP contribution in [-0.4, -0.2) is 9.91 Å². The van der Waals surface area contributed by atoms with Crippen LogP contribution in [0.15, 0.2) is 41.3 Å². The predicted molar refractivity (Wildman–Crippen MR) is 59.1 cm³/mol. The Morgan fingerprint density at radius 1 is 1.18 bits per heavy atom. The molecule has 0 aliphatic carbocycles. The van der Waals surface area contributed by atoms with Gasteiger partial charge in [-0.2, -0.15) is 4.39 Å². The summed E-state index contributed by atoms with van der Waals surface area (Å²) in [6.07, 6.45) is 1.42. The molecule has 0 saturated carbocycles. The van der Waals surface area contributed by atoms with E-state index in [9.17, 15) is 19.3 Å². The van der Waals surface area contributed by atoms with E-state index in [0.717, 1.165) is 12.1 Å². The van der Waals surface area contributed by atoms with Gasteiger partial charge in [-0.15, -0.1) is 0 Å². The lowest BCUT2D eigenvalue weighted by atomic mass is 10.1. The van der Waals surface area contributed by atoms with Crippen molar-refractivity contribution in [3.05, 3.63) is 62.8 Å². The molecule has 1 aromatic carbocycles. The minimum absolute atomic E-state index is 0.325. The molecule has 0 aliphatic rings. The average Bonchev–Trinajstić information content (AvgIpc) is 2.29. The Balaban J connectivity index is 2.57. The molecule has 0 bridgehead atoms. The van der Waals surface area contributed by atoms with Gasteiger partial charge in [0.05, 0.1) is 4.92 Å². The fraction of sp³-hybridized carbons (Fsp3) is 0. The molecule has 2 rings (SSSR count). The predicted octanol–water partition coefficient (Wildman–Crippen LogP) is 2.09. The Hall–Kier alpha value is -2.50.